The fourth-order valence-corrected chi connectivity index (χ4v) is 3.28. The molecule has 110 valence electrons. The maximum atomic E-state index is 12.3. The van der Waals surface area contributed by atoms with E-state index in [9.17, 15) is 13.2 Å². The van der Waals surface area contributed by atoms with E-state index in [0.717, 1.165) is 3.57 Å². The highest BCUT2D eigenvalue weighted by Crippen LogP contribution is 2.23. The van der Waals surface area contributed by atoms with Crippen LogP contribution in [0.4, 0.5) is 5.69 Å². The van der Waals surface area contributed by atoms with Crippen LogP contribution in [0.5, 0.6) is 0 Å². The van der Waals surface area contributed by atoms with Crippen molar-refractivity contribution in [2.24, 2.45) is 0 Å². The predicted octanol–water partition coefficient (Wildman–Crippen LogP) is 3.10. The normalized spacial score (nSPS) is 11.1. The van der Waals surface area contributed by atoms with E-state index in [1.807, 2.05) is 0 Å². The van der Waals surface area contributed by atoms with Gasteiger partial charge in [-0.3, -0.25) is 4.72 Å². The summed E-state index contributed by atoms with van der Waals surface area (Å²) in [6, 6.07) is 10.8. The van der Waals surface area contributed by atoms with E-state index >= 15 is 0 Å². The fraction of sp³-hybridized carbons (Fsp3) is 0.0714. The van der Waals surface area contributed by atoms with Gasteiger partial charge in [0.05, 0.1) is 16.1 Å². The lowest BCUT2D eigenvalue weighted by molar-refractivity contribution is 0.0696. The first kappa shape index (κ1) is 15.8. The van der Waals surface area contributed by atoms with Crippen molar-refractivity contribution in [2.45, 2.75) is 11.8 Å². The number of halogens is 1. The van der Waals surface area contributed by atoms with Crippen molar-refractivity contribution in [2.75, 3.05) is 4.72 Å². The Kier molecular flexibility index (Phi) is 4.52. The number of aromatic carboxylic acids is 1. The molecular weight excluding hydrogens is 405 g/mol. The van der Waals surface area contributed by atoms with Gasteiger partial charge in [-0.05, 0) is 71.5 Å². The lowest BCUT2D eigenvalue weighted by Gasteiger charge is -2.12. The summed E-state index contributed by atoms with van der Waals surface area (Å²) in [6.45, 7) is 1.56. The number of rotatable bonds is 4. The molecule has 2 N–H and O–H groups in total. The zero-order chi connectivity index (χ0) is 15.6. The van der Waals surface area contributed by atoms with Gasteiger partial charge in [-0.1, -0.05) is 6.07 Å². The molecule has 0 aliphatic heterocycles. The van der Waals surface area contributed by atoms with Crippen molar-refractivity contribution in [1.29, 1.82) is 0 Å². The lowest BCUT2D eigenvalue weighted by Crippen LogP contribution is -2.14. The zero-order valence-corrected chi connectivity index (χ0v) is 14.0. The predicted molar refractivity (Wildman–Crippen MR) is 88.1 cm³/mol. The van der Waals surface area contributed by atoms with Crippen LogP contribution in [0.2, 0.25) is 0 Å². The number of hydrogen-bond acceptors (Lipinski definition) is 3. The summed E-state index contributed by atoms with van der Waals surface area (Å²) < 4.78 is 27.9. The molecule has 5 nitrogen and oxygen atoms in total. The van der Waals surface area contributed by atoms with Gasteiger partial charge in [0.25, 0.3) is 10.0 Å². The Balaban J connectivity index is 2.39. The standard InChI is InChI=1S/C14H12INO4S/c1-9-12(14(17)18)3-2-4-13(9)16-21(19,20)11-7-5-10(15)6-8-11/h2-8,16H,1H3,(H,17,18). The van der Waals surface area contributed by atoms with E-state index in [1.165, 1.54) is 30.3 Å². The van der Waals surface area contributed by atoms with Gasteiger partial charge in [-0.15, -0.1) is 0 Å². The molecule has 0 heterocycles. The van der Waals surface area contributed by atoms with Gasteiger partial charge >= 0.3 is 5.97 Å². The summed E-state index contributed by atoms with van der Waals surface area (Å²) in [6.07, 6.45) is 0. The minimum absolute atomic E-state index is 0.0674. The molecule has 0 unspecified atom stereocenters. The van der Waals surface area contributed by atoms with Gasteiger partial charge in [0.1, 0.15) is 0 Å². The van der Waals surface area contributed by atoms with Crippen molar-refractivity contribution in [1.82, 2.24) is 0 Å². The molecular formula is C14H12INO4S. The third kappa shape index (κ3) is 3.53. The first-order valence-electron chi connectivity index (χ1n) is 5.92. The molecule has 2 rings (SSSR count). The molecule has 7 heteroatoms. The molecule has 0 spiro atoms. The van der Waals surface area contributed by atoms with Crippen molar-refractivity contribution in [3.8, 4) is 0 Å². The monoisotopic (exact) mass is 417 g/mol. The molecule has 0 radical (unpaired) electrons. The second kappa shape index (κ2) is 6.02. The first-order valence-corrected chi connectivity index (χ1v) is 8.49. The Labute approximate surface area is 136 Å². The SMILES string of the molecule is Cc1c(NS(=O)(=O)c2ccc(I)cc2)cccc1C(=O)O. The molecule has 0 saturated heterocycles. The van der Waals surface area contributed by atoms with Crippen molar-refractivity contribution in [3.63, 3.8) is 0 Å². The van der Waals surface area contributed by atoms with Crippen LogP contribution >= 0.6 is 22.6 Å². The molecule has 0 aromatic heterocycles. The van der Waals surface area contributed by atoms with Gasteiger partial charge in [0.15, 0.2) is 0 Å². The number of carboxylic acids is 1. The highest BCUT2D eigenvalue weighted by molar-refractivity contribution is 14.1. The Morgan fingerprint density at radius 3 is 2.33 bits per heavy atom. The second-order valence-corrected chi connectivity index (χ2v) is 7.27. The zero-order valence-electron chi connectivity index (χ0n) is 11.0. The van der Waals surface area contributed by atoms with E-state index in [1.54, 1.807) is 19.1 Å². The fourth-order valence-electron chi connectivity index (χ4n) is 1.80. The molecule has 21 heavy (non-hydrogen) atoms. The van der Waals surface area contributed by atoms with E-state index in [-0.39, 0.29) is 16.1 Å². The van der Waals surface area contributed by atoms with Gasteiger partial charge in [0.2, 0.25) is 0 Å². The highest BCUT2D eigenvalue weighted by atomic mass is 127. The number of carbonyl (C=O) groups is 1. The summed E-state index contributed by atoms with van der Waals surface area (Å²) in [5, 5.41) is 9.06. The summed E-state index contributed by atoms with van der Waals surface area (Å²) in [7, 11) is -3.74. The van der Waals surface area contributed by atoms with E-state index in [0.29, 0.717) is 5.56 Å². The Hall–Kier alpha value is -1.61. The molecule has 2 aromatic carbocycles. The molecule has 0 saturated carbocycles. The van der Waals surface area contributed by atoms with E-state index < -0.39 is 16.0 Å². The van der Waals surface area contributed by atoms with Crippen LogP contribution in [0.1, 0.15) is 15.9 Å². The average molecular weight is 417 g/mol. The molecule has 0 amide bonds. The molecule has 0 aliphatic carbocycles. The smallest absolute Gasteiger partial charge is 0.336 e. The number of hydrogen-bond donors (Lipinski definition) is 2. The highest BCUT2D eigenvalue weighted by Gasteiger charge is 2.17. The number of benzene rings is 2. The Bertz CT molecular complexity index is 785. The van der Waals surface area contributed by atoms with Gasteiger partial charge in [-0.25, -0.2) is 13.2 Å². The quantitative estimate of drug-likeness (QED) is 0.750. The number of carboxylic acid groups (broad SMARTS) is 1. The molecule has 0 aliphatic rings. The first-order chi connectivity index (χ1) is 9.81. The van der Waals surface area contributed by atoms with Crippen LogP contribution < -0.4 is 4.72 Å². The Morgan fingerprint density at radius 2 is 1.76 bits per heavy atom. The number of nitrogens with one attached hydrogen (secondary N) is 1. The summed E-state index contributed by atoms with van der Waals surface area (Å²) in [5.41, 5.74) is 0.699. The minimum atomic E-state index is -3.74. The molecule has 0 bridgehead atoms. The third-order valence-corrected chi connectivity index (χ3v) is 5.03. The van der Waals surface area contributed by atoms with Crippen molar-refractivity contribution >= 4 is 44.3 Å². The number of sulfonamides is 1. The Morgan fingerprint density at radius 1 is 1.14 bits per heavy atom. The lowest BCUT2D eigenvalue weighted by atomic mass is 10.1. The van der Waals surface area contributed by atoms with E-state index in [2.05, 4.69) is 27.3 Å². The van der Waals surface area contributed by atoms with Crippen LogP contribution in [0, 0.1) is 10.5 Å². The van der Waals surface area contributed by atoms with Crippen LogP contribution in [0.25, 0.3) is 0 Å². The molecule has 0 fully saturated rings. The molecule has 0 atom stereocenters. The van der Waals surface area contributed by atoms with Crippen molar-refractivity contribution in [3.05, 3.63) is 57.2 Å². The minimum Gasteiger partial charge on any atom is -0.478 e. The number of anilines is 1. The van der Waals surface area contributed by atoms with E-state index in [4.69, 9.17) is 5.11 Å². The maximum absolute atomic E-state index is 12.3. The second-order valence-electron chi connectivity index (χ2n) is 4.34. The van der Waals surface area contributed by atoms with Crippen LogP contribution in [0.3, 0.4) is 0 Å². The van der Waals surface area contributed by atoms with Crippen LogP contribution in [0.15, 0.2) is 47.4 Å². The van der Waals surface area contributed by atoms with Crippen LogP contribution in [-0.2, 0) is 10.0 Å². The van der Waals surface area contributed by atoms with Crippen molar-refractivity contribution < 1.29 is 18.3 Å². The summed E-state index contributed by atoms with van der Waals surface area (Å²) in [5.74, 6) is -1.09. The van der Waals surface area contributed by atoms with Gasteiger partial charge < -0.3 is 5.11 Å². The van der Waals surface area contributed by atoms with Gasteiger partial charge in [0, 0.05) is 3.57 Å². The maximum Gasteiger partial charge on any atom is 0.336 e. The topological polar surface area (TPSA) is 83.5 Å². The average Bonchev–Trinajstić information content (AvgIpc) is 2.41. The summed E-state index contributed by atoms with van der Waals surface area (Å²) >= 11 is 2.08. The van der Waals surface area contributed by atoms with Gasteiger partial charge in [-0.2, -0.15) is 0 Å². The summed E-state index contributed by atoms with van der Waals surface area (Å²) in [4.78, 5) is 11.2. The largest absolute Gasteiger partial charge is 0.478 e. The third-order valence-electron chi connectivity index (χ3n) is 2.93. The molecule has 2 aromatic rings. The van der Waals surface area contributed by atoms with Crippen LogP contribution in [-0.4, -0.2) is 19.5 Å².